The third kappa shape index (κ3) is 7.53. The van der Waals surface area contributed by atoms with Crippen molar-refractivity contribution in [3.05, 3.63) is 240 Å². The third-order valence-electron chi connectivity index (χ3n) is 21.9. The molecule has 92 heavy (non-hydrogen) atoms. The van der Waals surface area contributed by atoms with Gasteiger partial charge in [-0.1, -0.05) is 277 Å². The summed E-state index contributed by atoms with van der Waals surface area (Å²) in [5.41, 5.74) is 23.4. The van der Waals surface area contributed by atoms with Crippen molar-refractivity contribution in [1.82, 2.24) is 0 Å². The lowest BCUT2D eigenvalue weighted by Gasteiger charge is -2.28. The van der Waals surface area contributed by atoms with Gasteiger partial charge in [0.25, 0.3) is 0 Å². The maximum atomic E-state index is 2.63. The van der Waals surface area contributed by atoms with Crippen molar-refractivity contribution >= 4 is 118 Å². The van der Waals surface area contributed by atoms with Gasteiger partial charge < -0.3 is 0 Å². The molecular formula is C92H76. The first-order chi connectivity index (χ1) is 44.0. The molecule has 1 aliphatic carbocycles. The van der Waals surface area contributed by atoms with Crippen molar-refractivity contribution in [2.75, 3.05) is 0 Å². The fourth-order valence-corrected chi connectivity index (χ4v) is 17.1. The van der Waals surface area contributed by atoms with Crippen molar-refractivity contribution < 1.29 is 0 Å². The molecule has 0 amide bonds. The van der Waals surface area contributed by atoms with Crippen LogP contribution in [0.5, 0.6) is 0 Å². The molecule has 0 spiro atoms. The van der Waals surface area contributed by atoms with Gasteiger partial charge in [0.2, 0.25) is 0 Å². The quantitative estimate of drug-likeness (QED) is 0.122. The zero-order valence-electron chi connectivity index (χ0n) is 55.6. The van der Waals surface area contributed by atoms with E-state index in [1.807, 2.05) is 0 Å². The second-order valence-corrected chi connectivity index (χ2v) is 31.6. The Bertz CT molecular complexity index is 5660. The van der Waals surface area contributed by atoms with Crippen LogP contribution in [0, 0.1) is 13.8 Å². The normalized spacial score (nSPS) is 13.3. The molecule has 0 aliphatic heterocycles. The minimum absolute atomic E-state index is 0.0947. The first kappa shape index (κ1) is 55.2. The van der Waals surface area contributed by atoms with E-state index in [-0.39, 0.29) is 21.7 Å². The molecule has 17 aromatic rings. The van der Waals surface area contributed by atoms with Crippen molar-refractivity contribution in [2.45, 2.75) is 119 Å². The first-order valence-electron chi connectivity index (χ1n) is 33.5. The van der Waals surface area contributed by atoms with Crippen LogP contribution >= 0.6 is 0 Å². The molecule has 0 heteroatoms. The summed E-state index contributed by atoms with van der Waals surface area (Å²) in [5, 5.41) is 29.2. The number of hydrogen-bond acceptors (Lipinski definition) is 0. The van der Waals surface area contributed by atoms with Gasteiger partial charge in [-0.15, -0.1) is 0 Å². The molecule has 0 aromatic heterocycles. The van der Waals surface area contributed by atoms with E-state index in [0.29, 0.717) is 0 Å². The molecule has 0 atom stereocenters. The predicted molar refractivity (Wildman–Crippen MR) is 403 cm³/mol. The van der Waals surface area contributed by atoms with Gasteiger partial charge in [0.05, 0.1) is 0 Å². The Morgan fingerprint density at radius 1 is 0.196 bits per heavy atom. The molecule has 0 saturated heterocycles. The van der Waals surface area contributed by atoms with Gasteiger partial charge in [0.1, 0.15) is 0 Å². The summed E-state index contributed by atoms with van der Waals surface area (Å²) in [6.07, 6.45) is 0. The zero-order chi connectivity index (χ0) is 63.1. The lowest BCUT2D eigenvalue weighted by atomic mass is 9.76. The Balaban J connectivity index is 1.04. The molecular weight excluding hydrogens is 1110 g/mol. The van der Waals surface area contributed by atoms with Gasteiger partial charge in [-0.05, 0) is 266 Å². The fourth-order valence-electron chi connectivity index (χ4n) is 17.1. The lowest BCUT2D eigenvalue weighted by molar-refractivity contribution is 0.568. The highest BCUT2D eigenvalue weighted by molar-refractivity contribution is 6.48. The van der Waals surface area contributed by atoms with Crippen LogP contribution in [0.2, 0.25) is 0 Å². The SMILES string of the molecule is Cc1ccccc1-c1c2c(c(-c3ccccc3C)c3ccccc13)-c1ccc3c4ccc5c6c(-c7cc(C(C)(C)C)cc(C(C)(C)C)c7)c7cc8c(cc7c(-c7cc(C(C)(C)C)cc(C(C)(C)C)c7)c6c6ccc(c7ccc-2c1c73)c4c65)c1cccc2cccc8c21. The first-order valence-corrected chi connectivity index (χ1v) is 33.5. The summed E-state index contributed by atoms with van der Waals surface area (Å²) in [5.74, 6) is 0. The summed E-state index contributed by atoms with van der Waals surface area (Å²) in [6.45, 7) is 33.2. The van der Waals surface area contributed by atoms with Gasteiger partial charge in [0.15, 0.2) is 0 Å². The Morgan fingerprint density at radius 2 is 0.522 bits per heavy atom. The highest BCUT2D eigenvalue weighted by atomic mass is 14.4. The van der Waals surface area contributed by atoms with Crippen LogP contribution in [0.25, 0.3) is 185 Å². The van der Waals surface area contributed by atoms with Crippen molar-refractivity contribution in [1.29, 1.82) is 0 Å². The summed E-state index contributed by atoms with van der Waals surface area (Å²) >= 11 is 0. The van der Waals surface area contributed by atoms with Crippen LogP contribution in [0.1, 0.15) is 116 Å². The van der Waals surface area contributed by atoms with E-state index in [0.717, 1.165) is 0 Å². The van der Waals surface area contributed by atoms with Crippen LogP contribution in [0.3, 0.4) is 0 Å². The van der Waals surface area contributed by atoms with E-state index in [1.165, 1.54) is 219 Å². The minimum Gasteiger partial charge on any atom is -0.0620 e. The van der Waals surface area contributed by atoms with Crippen molar-refractivity contribution in [3.63, 3.8) is 0 Å². The van der Waals surface area contributed by atoms with Gasteiger partial charge in [0, 0.05) is 0 Å². The van der Waals surface area contributed by atoms with E-state index < -0.39 is 0 Å². The number of fused-ring (bicyclic) bond motifs is 13. The van der Waals surface area contributed by atoms with Crippen LogP contribution in [0.15, 0.2) is 206 Å². The second-order valence-electron chi connectivity index (χ2n) is 31.6. The molecule has 0 N–H and O–H groups in total. The molecule has 0 radical (unpaired) electrons. The van der Waals surface area contributed by atoms with Gasteiger partial charge in [-0.25, -0.2) is 0 Å². The zero-order valence-corrected chi connectivity index (χ0v) is 55.6. The Labute approximate surface area is 540 Å². The number of hydrogen-bond donors (Lipinski definition) is 0. The van der Waals surface area contributed by atoms with E-state index in [9.17, 15) is 0 Å². The Kier molecular flexibility index (Phi) is 11.1. The van der Waals surface area contributed by atoms with Crippen molar-refractivity contribution in [2.24, 2.45) is 0 Å². The number of benzene rings is 15. The van der Waals surface area contributed by atoms with E-state index in [2.05, 4.69) is 303 Å². The lowest BCUT2D eigenvalue weighted by Crippen LogP contribution is -2.16. The standard InChI is InChI=1S/C92H76/c1-49-23-15-17-27-58(49)79-60-29-19-20-30-61(60)80(59-28-18-16-24-50(59)2)88-71-40-36-67-65-34-38-69-83-68(37-33-64(81(65)83)66-35-39-70(87(79)88)84(71)82(66)67)85-77(52-41-54(89(3,4)5)45-55(42-52)90(6,7)8)74-47-72-62-31-21-25-51-26-22-32-63(76(51)62)73(72)48-75(74)78(86(69)85)53-43-56(91(9,10)11)46-57(44-53)92(12,13)14/h15-48H,1-14H3. The van der Waals surface area contributed by atoms with Crippen molar-refractivity contribution in [3.8, 4) is 66.8 Å². The minimum atomic E-state index is -0.0947. The Hall–Kier alpha value is -9.62. The summed E-state index contributed by atoms with van der Waals surface area (Å²) in [7, 11) is 0. The average molecular weight is 1180 g/mol. The third-order valence-corrected chi connectivity index (χ3v) is 21.9. The maximum Gasteiger partial charge on any atom is -0.000730 e. The molecule has 0 fully saturated rings. The molecule has 0 heterocycles. The molecule has 18 rings (SSSR count). The summed E-state index contributed by atoms with van der Waals surface area (Å²) in [6, 6.07) is 81.8. The molecule has 1 aliphatic rings. The van der Waals surface area contributed by atoms with E-state index in [1.54, 1.807) is 0 Å². The highest BCUT2D eigenvalue weighted by Crippen LogP contribution is 2.62. The molecule has 444 valence electrons. The molecule has 0 nitrogen and oxygen atoms in total. The summed E-state index contributed by atoms with van der Waals surface area (Å²) in [4.78, 5) is 0. The van der Waals surface area contributed by atoms with E-state index in [4.69, 9.17) is 0 Å². The van der Waals surface area contributed by atoms with Gasteiger partial charge in [-0.3, -0.25) is 0 Å². The predicted octanol–water partition coefficient (Wildman–Crippen LogP) is 26.8. The second kappa shape index (κ2) is 18.5. The van der Waals surface area contributed by atoms with E-state index >= 15 is 0 Å². The largest absolute Gasteiger partial charge is 0.0620 e. The summed E-state index contributed by atoms with van der Waals surface area (Å²) < 4.78 is 0. The topological polar surface area (TPSA) is 0 Å². The molecule has 17 aromatic carbocycles. The van der Waals surface area contributed by atoms with Crippen LogP contribution < -0.4 is 0 Å². The monoisotopic (exact) mass is 1180 g/mol. The van der Waals surface area contributed by atoms with Crippen LogP contribution in [0.4, 0.5) is 0 Å². The molecule has 0 unspecified atom stereocenters. The number of rotatable bonds is 4. The van der Waals surface area contributed by atoms with Gasteiger partial charge in [-0.2, -0.15) is 0 Å². The Morgan fingerprint density at radius 3 is 0.913 bits per heavy atom. The van der Waals surface area contributed by atoms with Gasteiger partial charge >= 0.3 is 0 Å². The van der Waals surface area contributed by atoms with Crippen LogP contribution in [-0.4, -0.2) is 0 Å². The number of aryl methyl sites for hydroxylation is 2. The highest BCUT2D eigenvalue weighted by Gasteiger charge is 2.35. The smallest absolute Gasteiger partial charge is 0.000730 e. The maximum absolute atomic E-state index is 2.63. The van der Waals surface area contributed by atoms with Crippen LogP contribution in [-0.2, 0) is 21.7 Å². The average Bonchev–Trinajstić information content (AvgIpc) is 1.48. The molecule has 0 saturated carbocycles. The molecule has 0 bridgehead atoms. The fraction of sp³-hybridized carbons (Fsp3) is 0.196.